The molecule has 0 saturated heterocycles. The number of phosphoric acid groups is 1. The number of esters is 1. The highest BCUT2D eigenvalue weighted by Gasteiger charge is 2.26. The van der Waals surface area contributed by atoms with E-state index >= 15 is 0 Å². The van der Waals surface area contributed by atoms with Crippen LogP contribution in [-0.4, -0.2) is 66.3 Å². The van der Waals surface area contributed by atoms with Crippen molar-refractivity contribution in [1.82, 2.24) is 0 Å². The van der Waals surface area contributed by atoms with Crippen molar-refractivity contribution in [3.05, 3.63) is 60.8 Å². The van der Waals surface area contributed by atoms with E-state index in [2.05, 4.69) is 74.6 Å². The quantitative estimate of drug-likeness (QED) is 0.0237. The second kappa shape index (κ2) is 46.7. The lowest BCUT2D eigenvalue weighted by Crippen LogP contribution is -2.29. The molecule has 0 bridgehead atoms. The average molecular weight is 867 g/mol. The zero-order valence-corrected chi connectivity index (χ0v) is 39.3. The molecular weight excluding hydrogens is 776 g/mol. The standard InChI is InChI=1S/C50H91O9P/c1-3-5-7-9-11-13-15-17-19-21-23-25-27-29-31-33-35-37-39-41-43-56-46-49(47-58-60(54,55)57-45-48(52)44-51)59-50(53)42-40-38-36-34-32-30-28-26-24-22-20-18-16-14-12-10-8-6-4-2/h5,7,11,13,17,19,23,25,29,31,48-49,51-52H,3-4,6,8-10,12,14-16,18,20-22,24,26-28,30,32-47H2,1-2H3,(H,54,55)/b7-5-,13-11-,19-17-,25-23-,31-29-. The summed E-state index contributed by atoms with van der Waals surface area (Å²) in [6.45, 7) is 3.36. The molecule has 0 saturated carbocycles. The molecule has 0 aromatic heterocycles. The van der Waals surface area contributed by atoms with Crippen molar-refractivity contribution in [2.45, 2.75) is 219 Å². The van der Waals surface area contributed by atoms with Crippen molar-refractivity contribution in [3.63, 3.8) is 0 Å². The Morgan fingerprint density at radius 3 is 1.43 bits per heavy atom. The monoisotopic (exact) mass is 867 g/mol. The summed E-state index contributed by atoms with van der Waals surface area (Å²) in [5.74, 6) is -0.390. The largest absolute Gasteiger partial charge is 0.472 e. The molecule has 0 aromatic carbocycles. The number of rotatable bonds is 46. The number of unbranched alkanes of at least 4 members (excludes halogenated alkanes) is 22. The van der Waals surface area contributed by atoms with Crippen molar-refractivity contribution in [3.8, 4) is 0 Å². The minimum absolute atomic E-state index is 0.0320. The van der Waals surface area contributed by atoms with Gasteiger partial charge in [0.2, 0.25) is 0 Å². The Labute approximate surface area is 368 Å². The molecule has 0 spiro atoms. The van der Waals surface area contributed by atoms with Crippen LogP contribution in [-0.2, 0) is 27.9 Å². The second-order valence-electron chi connectivity index (χ2n) is 16.1. The summed E-state index contributed by atoms with van der Waals surface area (Å²) >= 11 is 0. The molecule has 0 fully saturated rings. The Morgan fingerprint density at radius 2 is 0.950 bits per heavy atom. The second-order valence-corrected chi connectivity index (χ2v) is 17.6. The molecule has 0 heterocycles. The molecule has 9 nitrogen and oxygen atoms in total. The minimum Gasteiger partial charge on any atom is -0.457 e. The molecule has 0 radical (unpaired) electrons. The molecule has 0 aliphatic heterocycles. The molecule has 0 aliphatic carbocycles. The first-order chi connectivity index (χ1) is 29.3. The van der Waals surface area contributed by atoms with E-state index in [0.29, 0.717) is 6.61 Å². The summed E-state index contributed by atoms with van der Waals surface area (Å²) < 4.78 is 33.5. The third kappa shape index (κ3) is 45.7. The predicted molar refractivity (Wildman–Crippen MR) is 251 cm³/mol. The zero-order chi connectivity index (χ0) is 43.9. The molecule has 0 aromatic rings. The molecule has 3 unspecified atom stereocenters. The van der Waals surface area contributed by atoms with E-state index in [0.717, 1.165) is 83.5 Å². The molecule has 350 valence electrons. The van der Waals surface area contributed by atoms with Gasteiger partial charge < -0.3 is 24.6 Å². The molecule has 0 aliphatic rings. The van der Waals surface area contributed by atoms with Crippen LogP contribution in [0.5, 0.6) is 0 Å². The first-order valence-corrected chi connectivity index (χ1v) is 25.8. The predicted octanol–water partition coefficient (Wildman–Crippen LogP) is 13.9. The fourth-order valence-electron chi connectivity index (χ4n) is 6.56. The maximum absolute atomic E-state index is 12.7. The minimum atomic E-state index is -4.53. The molecule has 0 rings (SSSR count). The highest BCUT2D eigenvalue weighted by molar-refractivity contribution is 7.47. The maximum atomic E-state index is 12.7. The Kier molecular flexibility index (Phi) is 45.2. The number of phosphoric ester groups is 1. The molecular formula is C50H91O9P. The van der Waals surface area contributed by atoms with Crippen molar-refractivity contribution < 1.29 is 43.0 Å². The van der Waals surface area contributed by atoms with Crippen molar-refractivity contribution in [2.75, 3.05) is 33.0 Å². The molecule has 3 N–H and O–H groups in total. The van der Waals surface area contributed by atoms with Crippen LogP contribution < -0.4 is 0 Å². The summed E-state index contributed by atoms with van der Waals surface area (Å²) in [4.78, 5) is 22.7. The van der Waals surface area contributed by atoms with Gasteiger partial charge in [0.05, 0.1) is 26.4 Å². The summed E-state index contributed by atoms with van der Waals surface area (Å²) in [6.07, 6.45) is 54.7. The highest BCUT2D eigenvalue weighted by Crippen LogP contribution is 2.43. The van der Waals surface area contributed by atoms with Gasteiger partial charge in [-0.25, -0.2) is 4.57 Å². The van der Waals surface area contributed by atoms with E-state index in [-0.39, 0.29) is 19.6 Å². The maximum Gasteiger partial charge on any atom is 0.472 e. The van der Waals surface area contributed by atoms with Crippen molar-refractivity contribution in [1.29, 1.82) is 0 Å². The molecule has 3 atom stereocenters. The van der Waals surface area contributed by atoms with E-state index in [4.69, 9.17) is 23.6 Å². The van der Waals surface area contributed by atoms with Gasteiger partial charge in [0.25, 0.3) is 0 Å². The van der Waals surface area contributed by atoms with Crippen LogP contribution in [0.4, 0.5) is 0 Å². The van der Waals surface area contributed by atoms with Gasteiger partial charge in [0.15, 0.2) is 0 Å². The van der Waals surface area contributed by atoms with E-state index in [1.54, 1.807) is 0 Å². The summed E-state index contributed by atoms with van der Waals surface area (Å²) in [7, 11) is -4.53. The van der Waals surface area contributed by atoms with Gasteiger partial charge in [-0.1, -0.05) is 203 Å². The van der Waals surface area contributed by atoms with Crippen LogP contribution in [0, 0.1) is 0 Å². The van der Waals surface area contributed by atoms with Crippen LogP contribution in [0.1, 0.15) is 206 Å². The van der Waals surface area contributed by atoms with Crippen LogP contribution >= 0.6 is 7.82 Å². The third-order valence-corrected chi connectivity index (χ3v) is 11.2. The first-order valence-electron chi connectivity index (χ1n) is 24.3. The Bertz CT molecular complexity index is 1120. The third-order valence-electron chi connectivity index (χ3n) is 10.2. The van der Waals surface area contributed by atoms with Gasteiger partial charge in [-0.2, -0.15) is 0 Å². The number of carbonyl (C=O) groups is 1. The summed E-state index contributed by atoms with van der Waals surface area (Å²) in [5, 5.41) is 18.4. The molecule has 60 heavy (non-hydrogen) atoms. The van der Waals surface area contributed by atoms with E-state index in [1.165, 1.54) is 103 Å². The highest BCUT2D eigenvalue weighted by atomic mass is 31.2. The van der Waals surface area contributed by atoms with E-state index < -0.39 is 39.2 Å². The van der Waals surface area contributed by atoms with Crippen LogP contribution in [0.25, 0.3) is 0 Å². The number of hydrogen-bond acceptors (Lipinski definition) is 8. The first kappa shape index (κ1) is 58.2. The Hall–Kier alpha value is -1.84. The van der Waals surface area contributed by atoms with Gasteiger partial charge in [0.1, 0.15) is 12.2 Å². The lowest BCUT2D eigenvalue weighted by Gasteiger charge is -2.20. The van der Waals surface area contributed by atoms with Gasteiger partial charge in [-0.05, 0) is 57.8 Å². The van der Waals surface area contributed by atoms with Gasteiger partial charge in [-0.3, -0.25) is 13.8 Å². The average Bonchev–Trinajstić information content (AvgIpc) is 3.24. The lowest BCUT2D eigenvalue weighted by molar-refractivity contribution is -0.154. The van der Waals surface area contributed by atoms with Gasteiger partial charge in [-0.15, -0.1) is 0 Å². The molecule has 0 amide bonds. The number of aliphatic hydroxyl groups is 2. The fourth-order valence-corrected chi connectivity index (χ4v) is 7.35. The lowest BCUT2D eigenvalue weighted by atomic mass is 10.0. The van der Waals surface area contributed by atoms with Crippen LogP contribution in [0.3, 0.4) is 0 Å². The summed E-state index contributed by atoms with van der Waals surface area (Å²) in [6, 6.07) is 0. The number of carbonyl (C=O) groups excluding carboxylic acids is 1. The number of hydrogen-bond donors (Lipinski definition) is 3. The van der Waals surface area contributed by atoms with E-state index in [1.807, 2.05) is 0 Å². The van der Waals surface area contributed by atoms with Gasteiger partial charge in [0, 0.05) is 13.0 Å². The normalized spacial score (nSPS) is 14.4. The van der Waals surface area contributed by atoms with E-state index in [9.17, 15) is 19.4 Å². The smallest absolute Gasteiger partial charge is 0.457 e. The topological polar surface area (TPSA) is 132 Å². The van der Waals surface area contributed by atoms with Crippen LogP contribution in [0.2, 0.25) is 0 Å². The Balaban J connectivity index is 4.16. The molecule has 10 heteroatoms. The number of allylic oxidation sites excluding steroid dienone is 10. The van der Waals surface area contributed by atoms with Gasteiger partial charge >= 0.3 is 13.8 Å². The number of ether oxygens (including phenoxy) is 2. The SMILES string of the molecule is CC/C=C\C/C=C\C/C=C\C/C=C\C/C=C\CCCCCCOCC(COP(=O)(O)OCC(O)CO)OC(=O)CCCCCCCCCCCCCCCCCCCCC. The Morgan fingerprint density at radius 1 is 0.533 bits per heavy atom. The van der Waals surface area contributed by atoms with Crippen molar-refractivity contribution in [2.24, 2.45) is 0 Å². The fraction of sp³-hybridized carbons (Fsp3) is 0.780. The zero-order valence-electron chi connectivity index (χ0n) is 38.4. The van der Waals surface area contributed by atoms with Crippen LogP contribution in [0.15, 0.2) is 60.8 Å². The van der Waals surface area contributed by atoms with Crippen molar-refractivity contribution >= 4 is 13.8 Å². The summed E-state index contributed by atoms with van der Waals surface area (Å²) in [5.41, 5.74) is 0. The number of aliphatic hydroxyl groups excluding tert-OH is 2.